The lowest BCUT2D eigenvalue weighted by atomic mass is 10.2. The van der Waals surface area contributed by atoms with E-state index < -0.39 is 27.6 Å². The molecule has 0 aliphatic rings. The zero-order valence-corrected chi connectivity index (χ0v) is 18.5. The largest absolute Gasteiger partial charge is 0.449 e. The smallest absolute Gasteiger partial charge is 0.434 e. The van der Waals surface area contributed by atoms with Crippen molar-refractivity contribution in [2.24, 2.45) is 0 Å². The fraction of sp³-hybridized carbons (Fsp3) is 0.0870. The van der Waals surface area contributed by atoms with Gasteiger partial charge >= 0.3 is 6.18 Å². The highest BCUT2D eigenvalue weighted by atomic mass is 32.2. The highest BCUT2D eigenvalue weighted by Crippen LogP contribution is 2.29. The van der Waals surface area contributed by atoms with E-state index in [2.05, 4.69) is 15.3 Å². The molecule has 0 atom stereocenters. The van der Waals surface area contributed by atoms with Crippen LogP contribution in [0.4, 0.5) is 13.2 Å². The van der Waals surface area contributed by atoms with Crippen molar-refractivity contribution >= 4 is 32.4 Å². The lowest BCUT2D eigenvalue weighted by Crippen LogP contribution is -2.22. The van der Waals surface area contributed by atoms with Gasteiger partial charge in [-0.05, 0) is 42.0 Å². The number of aromatic nitrogens is 3. The molecule has 0 fully saturated rings. The van der Waals surface area contributed by atoms with Crippen molar-refractivity contribution in [1.82, 2.24) is 19.7 Å². The predicted octanol–water partition coefficient (Wildman–Crippen LogP) is 4.26. The van der Waals surface area contributed by atoms with Gasteiger partial charge in [0.05, 0.1) is 16.0 Å². The van der Waals surface area contributed by atoms with Gasteiger partial charge in [0.1, 0.15) is 5.65 Å². The van der Waals surface area contributed by atoms with Gasteiger partial charge in [0.15, 0.2) is 17.0 Å². The summed E-state index contributed by atoms with van der Waals surface area (Å²) in [5.74, 6) is -0.319. The monoisotopic (exact) mass is 500 g/mol. The summed E-state index contributed by atoms with van der Waals surface area (Å²) in [7, 11) is -4.00. The number of alkyl halides is 3. The Labute approximate surface area is 196 Å². The molecule has 0 spiro atoms. The van der Waals surface area contributed by atoms with E-state index in [1.54, 1.807) is 18.3 Å². The third-order valence-corrected chi connectivity index (χ3v) is 7.01. The van der Waals surface area contributed by atoms with E-state index in [0.717, 1.165) is 22.2 Å². The zero-order valence-electron chi connectivity index (χ0n) is 17.7. The van der Waals surface area contributed by atoms with E-state index in [1.165, 1.54) is 42.6 Å². The molecule has 1 amide bonds. The second kappa shape index (κ2) is 8.24. The van der Waals surface area contributed by atoms with Crippen LogP contribution in [-0.2, 0) is 22.6 Å². The molecule has 5 rings (SSSR count). The Morgan fingerprint density at radius 1 is 1.03 bits per heavy atom. The number of carbonyl (C=O) groups is 1. The molecule has 178 valence electrons. The van der Waals surface area contributed by atoms with Crippen LogP contribution in [0.15, 0.2) is 87.5 Å². The van der Waals surface area contributed by atoms with Gasteiger partial charge in [-0.15, -0.1) is 0 Å². The Hall–Kier alpha value is -4.19. The summed E-state index contributed by atoms with van der Waals surface area (Å²) in [6.45, 7) is 0.121. The van der Waals surface area contributed by atoms with Gasteiger partial charge in [-0.3, -0.25) is 9.78 Å². The Balaban J connectivity index is 1.31. The van der Waals surface area contributed by atoms with Crippen LogP contribution in [0, 0.1) is 0 Å². The van der Waals surface area contributed by atoms with Crippen molar-refractivity contribution in [3.63, 3.8) is 0 Å². The minimum atomic E-state index is -4.64. The number of pyridine rings is 2. The first kappa shape index (κ1) is 22.6. The van der Waals surface area contributed by atoms with E-state index in [9.17, 15) is 26.4 Å². The highest BCUT2D eigenvalue weighted by molar-refractivity contribution is 7.91. The molecule has 0 bridgehead atoms. The number of furan rings is 1. The lowest BCUT2D eigenvalue weighted by molar-refractivity contribution is -0.140. The Morgan fingerprint density at radius 2 is 1.77 bits per heavy atom. The van der Waals surface area contributed by atoms with Crippen molar-refractivity contribution in [1.29, 1.82) is 0 Å². The van der Waals surface area contributed by atoms with Crippen LogP contribution >= 0.6 is 0 Å². The molecule has 5 aromatic rings. The summed E-state index contributed by atoms with van der Waals surface area (Å²) in [5, 5.41) is 3.44. The van der Waals surface area contributed by atoms with Crippen LogP contribution in [0.1, 0.15) is 21.8 Å². The van der Waals surface area contributed by atoms with Crippen molar-refractivity contribution in [3.8, 4) is 0 Å². The number of sulfone groups is 1. The predicted molar refractivity (Wildman–Crippen MR) is 117 cm³/mol. The topological polar surface area (TPSA) is 107 Å². The summed E-state index contributed by atoms with van der Waals surface area (Å²) in [6.07, 6.45) is 0.272. The molecule has 8 nitrogen and oxygen atoms in total. The van der Waals surface area contributed by atoms with Crippen LogP contribution in [0.2, 0.25) is 0 Å². The van der Waals surface area contributed by atoms with Crippen molar-refractivity contribution < 1.29 is 30.8 Å². The average Bonchev–Trinajstić information content (AvgIpc) is 3.46. The zero-order chi connectivity index (χ0) is 24.8. The van der Waals surface area contributed by atoms with E-state index in [4.69, 9.17) is 4.42 Å². The molecule has 1 N–H and O–H groups in total. The molecule has 0 saturated carbocycles. The fourth-order valence-corrected chi connectivity index (χ4v) is 4.72. The summed E-state index contributed by atoms with van der Waals surface area (Å²) >= 11 is 0. The van der Waals surface area contributed by atoms with Crippen molar-refractivity contribution in [2.45, 2.75) is 22.5 Å². The number of halogens is 3. The van der Waals surface area contributed by atoms with Gasteiger partial charge in [-0.25, -0.2) is 13.4 Å². The number of benzene rings is 1. The average molecular weight is 500 g/mol. The number of carbonyl (C=O) groups excluding carboxylic acids is 1. The Bertz CT molecular complexity index is 1640. The van der Waals surface area contributed by atoms with Crippen LogP contribution in [0.3, 0.4) is 0 Å². The molecular weight excluding hydrogens is 485 g/mol. The van der Waals surface area contributed by atoms with E-state index >= 15 is 0 Å². The minimum absolute atomic E-state index is 0.0249. The van der Waals surface area contributed by atoms with Gasteiger partial charge < -0.3 is 14.1 Å². The highest BCUT2D eigenvalue weighted by Gasteiger charge is 2.34. The van der Waals surface area contributed by atoms with E-state index in [1.807, 2.05) is 0 Å². The standard InChI is InChI=1S/C23H15F3N4O4S/c24-23(25,26)20-13-30-12-17(5-6-21(30)29-20)35(32,33)16-3-1-14(2-4-16)10-28-22(31)18-9-15-7-8-27-11-19(15)34-18/h1-9,11-13H,10H2,(H,28,31). The summed E-state index contributed by atoms with van der Waals surface area (Å²) in [5.41, 5.74) is -0.0217. The van der Waals surface area contributed by atoms with E-state index in [0.29, 0.717) is 11.1 Å². The molecule has 4 aromatic heterocycles. The summed E-state index contributed by atoms with van der Waals surface area (Å²) in [4.78, 5) is 19.5. The third-order valence-electron chi connectivity index (χ3n) is 5.26. The molecule has 35 heavy (non-hydrogen) atoms. The molecule has 0 aliphatic heterocycles. The maximum Gasteiger partial charge on any atom is 0.434 e. The number of nitrogens with one attached hydrogen (secondary N) is 1. The maximum atomic E-state index is 13.0. The number of amides is 1. The van der Waals surface area contributed by atoms with Crippen molar-refractivity contribution in [2.75, 3.05) is 0 Å². The van der Waals surface area contributed by atoms with Crippen LogP contribution in [0.5, 0.6) is 0 Å². The van der Waals surface area contributed by atoms with Gasteiger partial charge in [0.2, 0.25) is 9.84 Å². The molecule has 0 radical (unpaired) electrons. The maximum absolute atomic E-state index is 13.0. The SMILES string of the molecule is O=C(NCc1ccc(S(=O)(=O)c2ccc3nc(C(F)(F)F)cn3c2)cc1)c1cc2ccncc2o1. The first-order chi connectivity index (χ1) is 16.6. The second-order valence-electron chi connectivity index (χ2n) is 7.61. The molecular formula is C23H15F3N4O4S. The van der Waals surface area contributed by atoms with Gasteiger partial charge in [-0.1, -0.05) is 12.1 Å². The lowest BCUT2D eigenvalue weighted by Gasteiger charge is -2.07. The van der Waals surface area contributed by atoms with Gasteiger partial charge in [-0.2, -0.15) is 13.2 Å². The number of fused-ring (bicyclic) bond motifs is 2. The van der Waals surface area contributed by atoms with Crippen LogP contribution in [0.25, 0.3) is 16.6 Å². The number of nitrogens with zero attached hydrogens (tertiary/aromatic N) is 3. The molecule has 4 heterocycles. The number of hydrogen-bond acceptors (Lipinski definition) is 6. The first-order valence-electron chi connectivity index (χ1n) is 10.1. The second-order valence-corrected chi connectivity index (χ2v) is 9.56. The summed E-state index contributed by atoms with van der Waals surface area (Å²) in [6, 6.07) is 11.5. The normalized spacial score (nSPS) is 12.3. The Kier molecular flexibility index (Phi) is 5.32. The quantitative estimate of drug-likeness (QED) is 0.387. The summed E-state index contributed by atoms with van der Waals surface area (Å²) < 4.78 is 71.1. The van der Waals surface area contributed by atoms with Gasteiger partial charge in [0, 0.05) is 30.5 Å². The first-order valence-corrected chi connectivity index (χ1v) is 11.6. The van der Waals surface area contributed by atoms with Gasteiger partial charge in [0.25, 0.3) is 5.91 Å². The molecule has 1 aromatic carbocycles. The molecule has 12 heteroatoms. The van der Waals surface area contributed by atoms with Crippen LogP contribution in [-0.4, -0.2) is 28.7 Å². The van der Waals surface area contributed by atoms with Crippen molar-refractivity contribution in [3.05, 3.63) is 90.3 Å². The van der Waals surface area contributed by atoms with Crippen LogP contribution < -0.4 is 5.32 Å². The number of hydrogen-bond donors (Lipinski definition) is 1. The minimum Gasteiger partial charge on any atom is -0.449 e. The molecule has 0 unspecified atom stereocenters. The number of imidazole rings is 1. The fourth-order valence-electron chi connectivity index (χ4n) is 3.46. The Morgan fingerprint density at radius 3 is 2.49 bits per heavy atom. The molecule has 0 aliphatic carbocycles. The molecule has 0 saturated heterocycles. The van der Waals surface area contributed by atoms with E-state index in [-0.39, 0.29) is 27.7 Å². The third kappa shape index (κ3) is 4.35. The number of rotatable bonds is 5.